The van der Waals surface area contributed by atoms with Gasteiger partial charge in [-0.1, -0.05) is 5.16 Å². The van der Waals surface area contributed by atoms with E-state index in [9.17, 15) is 13.2 Å². The zero-order valence-corrected chi connectivity index (χ0v) is 20.7. The summed E-state index contributed by atoms with van der Waals surface area (Å²) in [6.07, 6.45) is 0.539. The third-order valence-electron chi connectivity index (χ3n) is 6.72. The molecule has 9 nitrogen and oxygen atoms in total. The van der Waals surface area contributed by atoms with Gasteiger partial charge in [0.15, 0.2) is 0 Å². The van der Waals surface area contributed by atoms with Crippen LogP contribution in [0.15, 0.2) is 29.0 Å². The largest absolute Gasteiger partial charge is 0.419 e. The SMILES string of the molecule is COCCN[C@H]1CCC[C@@H]1Nc1ncc(C(F)(F)F)c(-c2c[nH]c3nc(-c4c(C)noc4C)ccc23)n1. The average Bonchev–Trinajstić information content (AvgIpc) is 3.57. The van der Waals surface area contributed by atoms with E-state index in [4.69, 9.17) is 9.26 Å². The number of fused-ring (bicyclic) bond motifs is 1. The lowest BCUT2D eigenvalue weighted by molar-refractivity contribution is -0.137. The van der Waals surface area contributed by atoms with Gasteiger partial charge in [-0.3, -0.25) is 0 Å². The molecule has 0 aliphatic heterocycles. The predicted octanol–water partition coefficient (Wildman–Crippen LogP) is 4.88. The van der Waals surface area contributed by atoms with Gasteiger partial charge >= 0.3 is 6.18 Å². The Kier molecular flexibility index (Phi) is 6.86. The smallest absolute Gasteiger partial charge is 0.383 e. The number of H-pyrrole nitrogens is 1. The molecule has 2 atom stereocenters. The summed E-state index contributed by atoms with van der Waals surface area (Å²) >= 11 is 0. The van der Waals surface area contributed by atoms with Gasteiger partial charge in [0.1, 0.15) is 17.0 Å². The molecule has 0 amide bonds. The van der Waals surface area contributed by atoms with Crippen LogP contribution >= 0.6 is 0 Å². The lowest BCUT2D eigenvalue weighted by Gasteiger charge is -2.23. The quantitative estimate of drug-likeness (QED) is 0.285. The number of nitrogens with one attached hydrogen (secondary N) is 3. The molecule has 0 bridgehead atoms. The molecular weight excluding hydrogens is 487 g/mol. The van der Waals surface area contributed by atoms with E-state index in [1.165, 1.54) is 6.20 Å². The highest BCUT2D eigenvalue weighted by atomic mass is 19.4. The topological polar surface area (TPSA) is 114 Å². The molecule has 0 aromatic carbocycles. The van der Waals surface area contributed by atoms with Crippen LogP contribution in [0.1, 0.15) is 36.3 Å². The number of methoxy groups -OCH3 is 1. The Morgan fingerprint density at radius 3 is 2.70 bits per heavy atom. The minimum Gasteiger partial charge on any atom is -0.383 e. The standard InChI is InChI=1S/C25H28F3N7O2/c1-13-21(14(2)37-35-13)20-8-7-15-16(11-30-23(15)32-20)22-17(25(26,27)28)12-31-24(34-22)33-19-6-4-5-18(19)29-9-10-36-3/h7-8,11-12,18-19,29H,4-6,9-10H2,1-3H3,(H,30,32)(H,31,33,34)/t18-,19-/m0/s1. The number of aromatic nitrogens is 5. The second kappa shape index (κ2) is 10.1. The summed E-state index contributed by atoms with van der Waals surface area (Å²) in [5.74, 6) is 0.770. The van der Waals surface area contributed by atoms with Gasteiger partial charge in [0.05, 0.1) is 29.3 Å². The molecule has 0 spiro atoms. The van der Waals surface area contributed by atoms with Crippen molar-refractivity contribution >= 4 is 17.0 Å². The Bertz CT molecular complexity index is 1380. The molecule has 4 aromatic rings. The number of hydrogen-bond donors (Lipinski definition) is 3. The number of aryl methyl sites for hydroxylation is 2. The third-order valence-corrected chi connectivity index (χ3v) is 6.72. The number of halogens is 3. The van der Waals surface area contributed by atoms with Gasteiger partial charge in [-0.15, -0.1) is 0 Å². The molecule has 1 saturated carbocycles. The molecule has 196 valence electrons. The van der Waals surface area contributed by atoms with Gasteiger partial charge in [0, 0.05) is 49.1 Å². The maximum absolute atomic E-state index is 14.0. The Morgan fingerprint density at radius 1 is 1.16 bits per heavy atom. The first-order valence-electron chi connectivity index (χ1n) is 12.1. The normalized spacial score (nSPS) is 18.1. The molecule has 3 N–H and O–H groups in total. The number of anilines is 1. The van der Waals surface area contributed by atoms with E-state index < -0.39 is 11.7 Å². The highest BCUT2D eigenvalue weighted by Gasteiger charge is 2.36. The minimum absolute atomic E-state index is 0.00341. The summed E-state index contributed by atoms with van der Waals surface area (Å²) in [5.41, 5.74) is 1.68. The molecule has 0 unspecified atom stereocenters. The monoisotopic (exact) mass is 515 g/mol. The molecule has 37 heavy (non-hydrogen) atoms. The molecule has 12 heteroatoms. The number of rotatable bonds is 8. The van der Waals surface area contributed by atoms with Crippen molar-refractivity contribution in [2.24, 2.45) is 0 Å². The fraction of sp³-hybridized carbons (Fsp3) is 0.440. The van der Waals surface area contributed by atoms with Crippen molar-refractivity contribution in [3.05, 3.63) is 41.5 Å². The summed E-state index contributed by atoms with van der Waals surface area (Å²) < 4.78 is 52.3. The van der Waals surface area contributed by atoms with Crippen LogP contribution in [0.3, 0.4) is 0 Å². The van der Waals surface area contributed by atoms with Crippen molar-refractivity contribution in [2.75, 3.05) is 25.6 Å². The van der Waals surface area contributed by atoms with E-state index in [2.05, 4.69) is 35.7 Å². The number of pyridine rings is 1. The van der Waals surface area contributed by atoms with Crippen LogP contribution in [-0.2, 0) is 10.9 Å². The Hall–Kier alpha value is -3.51. The second-order valence-corrected chi connectivity index (χ2v) is 9.18. The molecular formula is C25H28F3N7O2. The highest BCUT2D eigenvalue weighted by molar-refractivity contribution is 5.94. The average molecular weight is 516 g/mol. The van der Waals surface area contributed by atoms with Crippen LogP contribution in [0, 0.1) is 13.8 Å². The Balaban J connectivity index is 1.50. The van der Waals surface area contributed by atoms with Gasteiger partial charge in [-0.2, -0.15) is 13.2 Å². The maximum atomic E-state index is 14.0. The van der Waals surface area contributed by atoms with Gasteiger partial charge < -0.3 is 24.9 Å². The molecule has 4 heterocycles. The van der Waals surface area contributed by atoms with E-state index in [0.717, 1.165) is 31.0 Å². The molecule has 1 fully saturated rings. The van der Waals surface area contributed by atoms with Crippen molar-refractivity contribution in [1.82, 2.24) is 30.4 Å². The van der Waals surface area contributed by atoms with E-state index in [1.54, 1.807) is 26.2 Å². The summed E-state index contributed by atoms with van der Waals surface area (Å²) in [5, 5.41) is 11.2. The summed E-state index contributed by atoms with van der Waals surface area (Å²) in [6, 6.07) is 3.64. The lowest BCUT2D eigenvalue weighted by atomic mass is 10.1. The van der Waals surface area contributed by atoms with Crippen molar-refractivity contribution in [1.29, 1.82) is 0 Å². The molecule has 5 rings (SSSR count). The predicted molar refractivity (Wildman–Crippen MR) is 132 cm³/mol. The van der Waals surface area contributed by atoms with Gasteiger partial charge in [0.25, 0.3) is 0 Å². The van der Waals surface area contributed by atoms with E-state index in [0.29, 0.717) is 46.9 Å². The second-order valence-electron chi connectivity index (χ2n) is 9.18. The van der Waals surface area contributed by atoms with Crippen LogP contribution in [0.4, 0.5) is 19.1 Å². The Labute approximate surface area is 211 Å². The van der Waals surface area contributed by atoms with Gasteiger partial charge in [-0.05, 0) is 45.2 Å². The van der Waals surface area contributed by atoms with Crippen LogP contribution in [0.2, 0.25) is 0 Å². The van der Waals surface area contributed by atoms with Crippen molar-refractivity contribution in [3.63, 3.8) is 0 Å². The first-order valence-corrected chi connectivity index (χ1v) is 12.1. The molecule has 1 aliphatic carbocycles. The maximum Gasteiger partial charge on any atom is 0.419 e. The fourth-order valence-corrected chi connectivity index (χ4v) is 4.94. The number of aromatic amines is 1. The number of alkyl halides is 3. The number of ether oxygens (including phenoxy) is 1. The summed E-state index contributed by atoms with van der Waals surface area (Å²) in [7, 11) is 1.64. The lowest BCUT2D eigenvalue weighted by Crippen LogP contribution is -2.41. The van der Waals surface area contributed by atoms with Crippen LogP contribution in [-0.4, -0.2) is 57.4 Å². The van der Waals surface area contributed by atoms with Crippen LogP contribution in [0.25, 0.3) is 33.5 Å². The minimum atomic E-state index is -4.63. The zero-order valence-electron chi connectivity index (χ0n) is 20.7. The Morgan fingerprint density at radius 2 is 1.97 bits per heavy atom. The van der Waals surface area contributed by atoms with Crippen molar-refractivity contribution < 1.29 is 22.4 Å². The van der Waals surface area contributed by atoms with E-state index in [1.807, 2.05) is 6.92 Å². The molecule has 0 saturated heterocycles. The van der Waals surface area contributed by atoms with Crippen molar-refractivity contribution in [2.45, 2.75) is 51.4 Å². The van der Waals surface area contributed by atoms with Crippen LogP contribution in [0.5, 0.6) is 0 Å². The highest BCUT2D eigenvalue weighted by Crippen LogP contribution is 2.39. The van der Waals surface area contributed by atoms with Gasteiger partial charge in [-0.25, -0.2) is 15.0 Å². The zero-order chi connectivity index (χ0) is 26.2. The molecule has 4 aromatic heterocycles. The van der Waals surface area contributed by atoms with E-state index >= 15 is 0 Å². The number of hydrogen-bond acceptors (Lipinski definition) is 8. The summed E-state index contributed by atoms with van der Waals surface area (Å²) in [4.78, 5) is 16.0. The fourth-order valence-electron chi connectivity index (χ4n) is 4.94. The van der Waals surface area contributed by atoms with Gasteiger partial charge in [0.2, 0.25) is 5.95 Å². The van der Waals surface area contributed by atoms with Crippen LogP contribution < -0.4 is 10.6 Å². The first-order chi connectivity index (χ1) is 17.8. The third kappa shape index (κ3) is 5.03. The molecule has 1 aliphatic rings. The first kappa shape index (κ1) is 25.2. The van der Waals surface area contributed by atoms with E-state index in [-0.39, 0.29) is 23.7 Å². The summed E-state index contributed by atoms with van der Waals surface area (Å²) in [6.45, 7) is 4.87. The number of nitrogens with zero attached hydrogens (tertiary/aromatic N) is 4. The molecule has 0 radical (unpaired) electrons. The van der Waals surface area contributed by atoms with Crippen molar-refractivity contribution in [3.8, 4) is 22.5 Å².